The SMILES string of the molecule is CCc1nnc([C@H](C)Sc2nnc(C)n2-c2cccc(C)c2)o1. The lowest BCUT2D eigenvalue weighted by Gasteiger charge is -2.11. The number of benzene rings is 1. The third-order valence-electron chi connectivity index (χ3n) is 3.47. The Labute approximate surface area is 139 Å². The Bertz CT molecular complexity index is 810. The molecule has 3 rings (SSSR count). The monoisotopic (exact) mass is 329 g/mol. The molecule has 1 aromatic carbocycles. The van der Waals surface area contributed by atoms with Gasteiger partial charge in [-0.25, -0.2) is 0 Å². The number of aryl methyl sites for hydroxylation is 3. The van der Waals surface area contributed by atoms with Gasteiger partial charge in [0.15, 0.2) is 5.16 Å². The molecule has 2 heterocycles. The second-order valence-corrected chi connectivity index (χ2v) is 6.66. The van der Waals surface area contributed by atoms with Gasteiger partial charge in [0, 0.05) is 12.1 Å². The molecule has 6 nitrogen and oxygen atoms in total. The molecule has 0 bridgehead atoms. The molecule has 23 heavy (non-hydrogen) atoms. The maximum atomic E-state index is 5.64. The van der Waals surface area contributed by atoms with Crippen LogP contribution >= 0.6 is 11.8 Å². The summed E-state index contributed by atoms with van der Waals surface area (Å²) in [5.41, 5.74) is 2.26. The number of aromatic nitrogens is 5. The van der Waals surface area contributed by atoms with Gasteiger partial charge in [0.1, 0.15) is 5.82 Å². The highest BCUT2D eigenvalue weighted by molar-refractivity contribution is 7.99. The fourth-order valence-corrected chi connectivity index (χ4v) is 3.21. The van der Waals surface area contributed by atoms with E-state index < -0.39 is 0 Å². The van der Waals surface area contributed by atoms with Crippen molar-refractivity contribution in [2.24, 2.45) is 0 Å². The normalized spacial score (nSPS) is 12.5. The van der Waals surface area contributed by atoms with Crippen molar-refractivity contribution in [2.75, 3.05) is 0 Å². The van der Waals surface area contributed by atoms with E-state index in [1.807, 2.05) is 31.4 Å². The van der Waals surface area contributed by atoms with Gasteiger partial charge in [-0.15, -0.1) is 20.4 Å². The molecule has 0 unspecified atom stereocenters. The van der Waals surface area contributed by atoms with Gasteiger partial charge in [-0.1, -0.05) is 30.8 Å². The minimum atomic E-state index is 0.00922. The molecular weight excluding hydrogens is 310 g/mol. The minimum absolute atomic E-state index is 0.00922. The molecule has 0 saturated carbocycles. The molecule has 0 spiro atoms. The van der Waals surface area contributed by atoms with Gasteiger partial charge in [0.2, 0.25) is 11.8 Å². The maximum Gasteiger partial charge on any atom is 0.229 e. The standard InChI is InChI=1S/C16H19N5OS/c1-5-14-18-19-15(22-14)11(3)23-16-20-17-12(4)21(16)13-8-6-7-10(2)9-13/h6-9,11H,5H2,1-4H3/t11-/m0/s1. The lowest BCUT2D eigenvalue weighted by atomic mass is 10.2. The Morgan fingerprint density at radius 3 is 2.70 bits per heavy atom. The minimum Gasteiger partial charge on any atom is -0.424 e. The van der Waals surface area contributed by atoms with Crippen LogP contribution in [0.2, 0.25) is 0 Å². The molecular formula is C16H19N5OS. The quantitative estimate of drug-likeness (QED) is 0.665. The second-order valence-electron chi connectivity index (χ2n) is 5.35. The van der Waals surface area contributed by atoms with Crippen LogP contribution in [-0.2, 0) is 6.42 Å². The lowest BCUT2D eigenvalue weighted by molar-refractivity contribution is 0.456. The van der Waals surface area contributed by atoms with Gasteiger partial charge in [-0.2, -0.15) is 0 Å². The van der Waals surface area contributed by atoms with Crippen LogP contribution in [0, 0.1) is 13.8 Å². The van der Waals surface area contributed by atoms with Gasteiger partial charge >= 0.3 is 0 Å². The summed E-state index contributed by atoms with van der Waals surface area (Å²) < 4.78 is 7.68. The number of hydrogen-bond donors (Lipinski definition) is 0. The average Bonchev–Trinajstić information content (AvgIpc) is 3.14. The molecule has 0 saturated heterocycles. The van der Waals surface area contributed by atoms with E-state index in [1.165, 1.54) is 5.56 Å². The average molecular weight is 329 g/mol. The summed E-state index contributed by atoms with van der Waals surface area (Å²) in [6, 6.07) is 8.28. The predicted octanol–water partition coefficient (Wildman–Crippen LogP) is 3.68. The van der Waals surface area contributed by atoms with E-state index >= 15 is 0 Å². The first-order valence-corrected chi connectivity index (χ1v) is 8.44. The van der Waals surface area contributed by atoms with Gasteiger partial charge in [-0.05, 0) is 38.5 Å². The Hall–Kier alpha value is -2.15. The van der Waals surface area contributed by atoms with Gasteiger partial charge in [0.25, 0.3) is 0 Å². The van der Waals surface area contributed by atoms with Crippen molar-refractivity contribution in [2.45, 2.75) is 44.5 Å². The Morgan fingerprint density at radius 2 is 2.00 bits per heavy atom. The number of rotatable bonds is 5. The van der Waals surface area contributed by atoms with Crippen LogP contribution in [0.5, 0.6) is 0 Å². The van der Waals surface area contributed by atoms with E-state index in [2.05, 4.69) is 45.5 Å². The Balaban J connectivity index is 1.89. The fraction of sp³-hybridized carbons (Fsp3) is 0.375. The van der Waals surface area contributed by atoms with E-state index in [1.54, 1.807) is 11.8 Å². The van der Waals surface area contributed by atoms with E-state index in [9.17, 15) is 0 Å². The molecule has 0 aliphatic heterocycles. The number of thioether (sulfide) groups is 1. The first kappa shape index (κ1) is 15.7. The zero-order valence-corrected chi connectivity index (χ0v) is 14.5. The lowest BCUT2D eigenvalue weighted by Crippen LogP contribution is -2.01. The first-order valence-electron chi connectivity index (χ1n) is 7.56. The Kier molecular flexibility index (Phi) is 4.47. The van der Waals surface area contributed by atoms with E-state index in [0.29, 0.717) is 11.8 Å². The highest BCUT2D eigenvalue weighted by atomic mass is 32.2. The van der Waals surface area contributed by atoms with Crippen molar-refractivity contribution < 1.29 is 4.42 Å². The van der Waals surface area contributed by atoms with E-state index in [0.717, 1.165) is 23.1 Å². The van der Waals surface area contributed by atoms with Gasteiger partial charge < -0.3 is 4.42 Å². The molecule has 1 atom stereocenters. The Morgan fingerprint density at radius 1 is 1.17 bits per heavy atom. The van der Waals surface area contributed by atoms with Crippen molar-refractivity contribution >= 4 is 11.8 Å². The smallest absolute Gasteiger partial charge is 0.229 e. The van der Waals surface area contributed by atoms with E-state index in [4.69, 9.17) is 4.42 Å². The van der Waals surface area contributed by atoms with Gasteiger partial charge in [0.05, 0.1) is 5.25 Å². The molecule has 0 aliphatic carbocycles. The highest BCUT2D eigenvalue weighted by Gasteiger charge is 2.20. The van der Waals surface area contributed by atoms with Gasteiger partial charge in [-0.3, -0.25) is 4.57 Å². The van der Waals surface area contributed by atoms with Crippen LogP contribution in [0.25, 0.3) is 5.69 Å². The topological polar surface area (TPSA) is 69.6 Å². The molecule has 0 fully saturated rings. The predicted molar refractivity (Wildman–Crippen MR) is 88.8 cm³/mol. The summed E-state index contributed by atoms with van der Waals surface area (Å²) in [5, 5.41) is 17.5. The molecule has 0 amide bonds. The second kappa shape index (κ2) is 6.54. The van der Waals surface area contributed by atoms with Crippen LogP contribution in [0.3, 0.4) is 0 Å². The number of hydrogen-bond acceptors (Lipinski definition) is 6. The van der Waals surface area contributed by atoms with Crippen LogP contribution in [0.1, 0.15) is 42.3 Å². The molecule has 2 aromatic heterocycles. The summed E-state index contributed by atoms with van der Waals surface area (Å²) in [7, 11) is 0. The molecule has 0 N–H and O–H groups in total. The van der Waals surface area contributed by atoms with Crippen molar-refractivity contribution in [1.29, 1.82) is 0 Å². The van der Waals surface area contributed by atoms with Crippen molar-refractivity contribution in [3.63, 3.8) is 0 Å². The van der Waals surface area contributed by atoms with E-state index in [-0.39, 0.29) is 5.25 Å². The largest absolute Gasteiger partial charge is 0.424 e. The molecule has 3 aromatic rings. The number of nitrogens with zero attached hydrogens (tertiary/aromatic N) is 5. The van der Waals surface area contributed by atoms with Crippen molar-refractivity contribution in [3.8, 4) is 5.69 Å². The maximum absolute atomic E-state index is 5.64. The van der Waals surface area contributed by atoms with Crippen LogP contribution in [-0.4, -0.2) is 25.0 Å². The zero-order valence-electron chi connectivity index (χ0n) is 13.6. The highest BCUT2D eigenvalue weighted by Crippen LogP contribution is 2.34. The third-order valence-corrected chi connectivity index (χ3v) is 4.50. The molecule has 120 valence electrons. The van der Waals surface area contributed by atoms with Crippen LogP contribution in [0.15, 0.2) is 33.8 Å². The van der Waals surface area contributed by atoms with Crippen molar-refractivity contribution in [3.05, 3.63) is 47.4 Å². The van der Waals surface area contributed by atoms with Crippen molar-refractivity contribution in [1.82, 2.24) is 25.0 Å². The fourth-order valence-electron chi connectivity index (χ4n) is 2.27. The van der Waals surface area contributed by atoms with Crippen LogP contribution in [0.4, 0.5) is 0 Å². The molecule has 0 aliphatic rings. The molecule has 0 radical (unpaired) electrons. The summed E-state index contributed by atoms with van der Waals surface area (Å²) >= 11 is 1.56. The summed E-state index contributed by atoms with van der Waals surface area (Å²) in [6.45, 7) is 8.05. The zero-order chi connectivity index (χ0) is 16.4. The van der Waals surface area contributed by atoms with Crippen LogP contribution < -0.4 is 0 Å². The summed E-state index contributed by atoms with van der Waals surface area (Å²) in [5.74, 6) is 2.12. The summed E-state index contributed by atoms with van der Waals surface area (Å²) in [4.78, 5) is 0. The first-order chi connectivity index (χ1) is 11.1. The molecule has 7 heteroatoms. The summed E-state index contributed by atoms with van der Waals surface area (Å²) in [6.07, 6.45) is 0.739. The third kappa shape index (κ3) is 3.29.